The molecule has 198 valence electrons. The number of aliphatic hydroxyl groups excluding tert-OH is 1. The van der Waals surface area contributed by atoms with Crippen LogP contribution < -0.4 is 5.73 Å². The van der Waals surface area contributed by atoms with Crippen LogP contribution in [-0.4, -0.2) is 103 Å². The molecule has 0 aromatic rings. The van der Waals surface area contributed by atoms with Gasteiger partial charge in [0.05, 0.1) is 35.8 Å². The molecule has 5 N–H and O–H groups in total. The lowest BCUT2D eigenvalue weighted by atomic mass is 9.79. The Labute approximate surface area is 215 Å². The Balaban J connectivity index is 1.48. The third-order valence-corrected chi connectivity index (χ3v) is 9.24. The van der Waals surface area contributed by atoms with E-state index in [1.807, 2.05) is 11.8 Å². The second-order valence-corrected chi connectivity index (χ2v) is 11.7. The van der Waals surface area contributed by atoms with E-state index in [9.17, 15) is 24.6 Å². The van der Waals surface area contributed by atoms with E-state index in [-0.39, 0.29) is 40.8 Å². The molecule has 2 amide bonds. The zero-order valence-corrected chi connectivity index (χ0v) is 22.0. The Morgan fingerprint density at radius 3 is 2.42 bits per heavy atom. The number of carbonyl (C=O) groups excluding carboxylic acids is 2. The summed E-state index contributed by atoms with van der Waals surface area (Å²) in [6.45, 7) is 8.50. The van der Waals surface area contributed by atoms with E-state index in [1.165, 1.54) is 16.7 Å². The Bertz CT molecular complexity index is 1020. The van der Waals surface area contributed by atoms with Crippen LogP contribution in [0.3, 0.4) is 0 Å². The first-order valence-corrected chi connectivity index (χ1v) is 13.4. The van der Waals surface area contributed by atoms with Crippen LogP contribution in [0.2, 0.25) is 0 Å². The molecule has 0 bridgehead atoms. The molecule has 4 aliphatic heterocycles. The van der Waals surface area contributed by atoms with Crippen LogP contribution in [0.5, 0.6) is 0 Å². The van der Waals surface area contributed by atoms with Gasteiger partial charge in [-0.05, 0) is 40.0 Å². The van der Waals surface area contributed by atoms with Crippen LogP contribution in [-0.2, 0) is 14.4 Å². The van der Waals surface area contributed by atoms with Gasteiger partial charge in [-0.3, -0.25) is 20.0 Å². The number of piperidine rings is 1. The SMILES string of the molecule is CC(=N)N1C[C@@H](SC2=C(C(=O)O)N3C(=O)[C@H]([C@@H](C)O)[C@H]3[C@H]2C)C[C@H]1C(=O)N1CCC(N=C(C)N)CC1. The van der Waals surface area contributed by atoms with E-state index in [2.05, 4.69) is 4.99 Å². The van der Waals surface area contributed by atoms with Gasteiger partial charge in [-0.25, -0.2) is 4.79 Å². The zero-order chi connectivity index (χ0) is 26.5. The second kappa shape index (κ2) is 10.0. The van der Waals surface area contributed by atoms with Gasteiger partial charge >= 0.3 is 5.97 Å². The number of nitrogens with one attached hydrogen (secondary N) is 1. The van der Waals surface area contributed by atoms with Crippen molar-refractivity contribution in [2.75, 3.05) is 19.6 Å². The van der Waals surface area contributed by atoms with Gasteiger partial charge in [0.1, 0.15) is 11.7 Å². The highest BCUT2D eigenvalue weighted by atomic mass is 32.2. The molecule has 4 heterocycles. The number of carboxylic acid groups (broad SMARTS) is 1. The number of carboxylic acids is 1. The van der Waals surface area contributed by atoms with E-state index in [0.717, 1.165) is 12.8 Å². The quantitative estimate of drug-likeness (QED) is 0.226. The minimum atomic E-state index is -1.16. The number of aliphatic hydroxyl groups is 1. The van der Waals surface area contributed by atoms with Gasteiger partial charge in [-0.15, -0.1) is 11.8 Å². The number of carbonyl (C=O) groups is 3. The average Bonchev–Trinajstić information content (AvgIpc) is 3.32. The standard InChI is InChI=1S/C24H36N6O5S/c1-11-19-18(12(2)31)23(33)30(19)20(24(34)35)21(11)36-16-9-17(29(10-16)14(4)26)22(32)28-7-5-15(6-8-28)27-13(3)25/h11-12,15-19,26,31H,5-10H2,1-4H3,(H2,25,27)(H,34,35)/t11-,12-,16+,17+,18-,19-/m1/s1. The van der Waals surface area contributed by atoms with E-state index < -0.39 is 24.0 Å². The number of nitrogens with two attached hydrogens (primary N) is 1. The van der Waals surface area contributed by atoms with Crippen molar-refractivity contribution in [1.29, 1.82) is 5.41 Å². The summed E-state index contributed by atoms with van der Waals surface area (Å²) >= 11 is 1.40. The number of amides is 2. The molecule has 0 aliphatic carbocycles. The van der Waals surface area contributed by atoms with Crippen LogP contribution in [0, 0.1) is 17.2 Å². The van der Waals surface area contributed by atoms with Crippen LogP contribution >= 0.6 is 11.8 Å². The number of thioether (sulfide) groups is 1. The summed E-state index contributed by atoms with van der Waals surface area (Å²) in [4.78, 5) is 48.2. The summed E-state index contributed by atoms with van der Waals surface area (Å²) in [5.74, 6) is -1.53. The Morgan fingerprint density at radius 2 is 1.89 bits per heavy atom. The number of amidine groups is 2. The molecule has 12 heteroatoms. The highest BCUT2D eigenvalue weighted by Crippen LogP contribution is 2.52. The molecular weight excluding hydrogens is 484 g/mol. The maximum Gasteiger partial charge on any atom is 0.353 e. The summed E-state index contributed by atoms with van der Waals surface area (Å²) in [6.07, 6.45) is 1.13. The minimum absolute atomic E-state index is 0.00914. The van der Waals surface area contributed by atoms with Gasteiger partial charge in [0.25, 0.3) is 0 Å². The number of nitrogens with zero attached hydrogens (tertiary/aromatic N) is 4. The molecule has 0 aromatic heterocycles. The highest BCUT2D eigenvalue weighted by Gasteiger charge is 2.60. The summed E-state index contributed by atoms with van der Waals surface area (Å²) < 4.78 is 0. The van der Waals surface area contributed by atoms with Crippen molar-refractivity contribution >= 4 is 41.2 Å². The fraction of sp³-hybridized carbons (Fsp3) is 0.708. The van der Waals surface area contributed by atoms with Crippen molar-refractivity contribution < 1.29 is 24.6 Å². The Hall–Kier alpha value is -2.60. The lowest BCUT2D eigenvalue weighted by Gasteiger charge is -2.46. The molecule has 0 unspecified atom stereocenters. The number of hydrogen-bond acceptors (Lipinski definition) is 7. The lowest BCUT2D eigenvalue weighted by Crippen LogP contribution is -2.63. The van der Waals surface area contributed by atoms with E-state index in [4.69, 9.17) is 11.1 Å². The van der Waals surface area contributed by atoms with Crippen molar-refractivity contribution in [2.24, 2.45) is 22.6 Å². The number of fused-ring (bicyclic) bond motifs is 1. The maximum atomic E-state index is 13.5. The second-order valence-electron chi connectivity index (χ2n) is 10.3. The number of aliphatic imine (C=N–C) groups is 1. The summed E-state index contributed by atoms with van der Waals surface area (Å²) in [6, 6.07) is -0.729. The molecule has 11 nitrogen and oxygen atoms in total. The van der Waals surface area contributed by atoms with Gasteiger partial charge in [-0.2, -0.15) is 0 Å². The molecule has 6 atom stereocenters. The number of hydrogen-bond donors (Lipinski definition) is 4. The van der Waals surface area contributed by atoms with E-state index >= 15 is 0 Å². The van der Waals surface area contributed by atoms with Crippen molar-refractivity contribution in [3.63, 3.8) is 0 Å². The van der Waals surface area contributed by atoms with Gasteiger partial charge in [-0.1, -0.05) is 6.92 Å². The van der Waals surface area contributed by atoms with Crippen LogP contribution in [0.4, 0.5) is 0 Å². The minimum Gasteiger partial charge on any atom is -0.477 e. The zero-order valence-electron chi connectivity index (χ0n) is 21.2. The summed E-state index contributed by atoms with van der Waals surface area (Å²) in [7, 11) is 0. The van der Waals surface area contributed by atoms with Crippen molar-refractivity contribution in [3.05, 3.63) is 10.6 Å². The highest BCUT2D eigenvalue weighted by molar-refractivity contribution is 8.03. The Morgan fingerprint density at radius 1 is 1.25 bits per heavy atom. The van der Waals surface area contributed by atoms with Crippen LogP contribution in [0.15, 0.2) is 15.6 Å². The largest absolute Gasteiger partial charge is 0.477 e. The van der Waals surface area contributed by atoms with Gasteiger partial charge in [0.2, 0.25) is 11.8 Å². The number of rotatable bonds is 6. The fourth-order valence-electron chi connectivity index (χ4n) is 6.06. The fourth-order valence-corrected chi connectivity index (χ4v) is 7.58. The summed E-state index contributed by atoms with van der Waals surface area (Å²) in [5.41, 5.74) is 5.69. The molecule has 3 fully saturated rings. The first-order chi connectivity index (χ1) is 16.9. The predicted octanol–water partition coefficient (Wildman–Crippen LogP) is 0.681. The van der Waals surface area contributed by atoms with E-state index in [1.54, 1.807) is 25.7 Å². The third kappa shape index (κ3) is 4.60. The van der Waals surface area contributed by atoms with Crippen molar-refractivity contribution in [1.82, 2.24) is 14.7 Å². The molecule has 0 spiro atoms. The topological polar surface area (TPSA) is 164 Å². The molecule has 3 saturated heterocycles. The van der Waals surface area contributed by atoms with Gasteiger partial charge in [0.15, 0.2) is 0 Å². The van der Waals surface area contributed by atoms with Crippen molar-refractivity contribution in [2.45, 2.75) is 76.4 Å². The van der Waals surface area contributed by atoms with Gasteiger partial charge in [0, 0.05) is 35.7 Å². The molecular formula is C24H36N6O5S. The molecule has 0 aromatic carbocycles. The number of likely N-dealkylation sites (tertiary alicyclic amines) is 2. The van der Waals surface area contributed by atoms with Gasteiger partial charge < -0.3 is 30.6 Å². The molecule has 36 heavy (non-hydrogen) atoms. The first-order valence-electron chi connectivity index (χ1n) is 12.5. The molecule has 0 saturated carbocycles. The molecule has 0 radical (unpaired) electrons. The van der Waals surface area contributed by atoms with Crippen LogP contribution in [0.1, 0.15) is 47.0 Å². The summed E-state index contributed by atoms with van der Waals surface area (Å²) in [5, 5.41) is 28.1. The lowest BCUT2D eigenvalue weighted by molar-refractivity contribution is -0.163. The monoisotopic (exact) mass is 520 g/mol. The normalized spacial score (nSPS) is 32.0. The Kier molecular flexibility index (Phi) is 7.38. The predicted molar refractivity (Wildman–Crippen MR) is 136 cm³/mol. The maximum absolute atomic E-state index is 13.5. The average molecular weight is 521 g/mol. The number of β-lactam (4-membered cyclic amide) rings is 1. The molecule has 4 rings (SSSR count). The smallest absolute Gasteiger partial charge is 0.353 e. The number of aliphatic carboxylic acids is 1. The third-order valence-electron chi connectivity index (χ3n) is 7.75. The van der Waals surface area contributed by atoms with E-state index in [0.29, 0.717) is 42.6 Å². The van der Waals surface area contributed by atoms with Crippen LogP contribution in [0.25, 0.3) is 0 Å². The molecule has 4 aliphatic rings. The first kappa shape index (κ1) is 26.5. The van der Waals surface area contributed by atoms with Crippen molar-refractivity contribution in [3.8, 4) is 0 Å².